The predicted molar refractivity (Wildman–Crippen MR) is 99.9 cm³/mol. The third-order valence-electron chi connectivity index (χ3n) is 5.45. The fraction of sp³-hybridized carbons (Fsp3) is 0.421. The van der Waals surface area contributed by atoms with Crippen molar-refractivity contribution in [3.8, 4) is 11.5 Å². The zero-order valence-electron chi connectivity index (χ0n) is 15.0. The molecule has 5 rings (SSSR count). The van der Waals surface area contributed by atoms with Crippen molar-refractivity contribution in [3.05, 3.63) is 33.2 Å². The Bertz CT molecular complexity index is 1120. The molecule has 1 saturated heterocycles. The van der Waals surface area contributed by atoms with Crippen LogP contribution in [0, 0.1) is 0 Å². The molecule has 3 atom stereocenters. The van der Waals surface area contributed by atoms with Gasteiger partial charge in [-0.25, -0.2) is 9.59 Å². The van der Waals surface area contributed by atoms with Crippen molar-refractivity contribution in [2.24, 2.45) is 0 Å². The van der Waals surface area contributed by atoms with Crippen LogP contribution in [0.1, 0.15) is 40.2 Å². The van der Waals surface area contributed by atoms with E-state index in [1.54, 1.807) is 6.07 Å². The van der Waals surface area contributed by atoms with Crippen LogP contribution in [-0.4, -0.2) is 36.3 Å². The Balaban J connectivity index is 1.63. The van der Waals surface area contributed by atoms with Gasteiger partial charge in [0.25, 0.3) is 0 Å². The summed E-state index contributed by atoms with van der Waals surface area (Å²) in [5.74, 6) is -0.502. The van der Waals surface area contributed by atoms with Crippen LogP contribution in [0.2, 0.25) is 0 Å². The van der Waals surface area contributed by atoms with Crippen molar-refractivity contribution in [1.29, 1.82) is 0 Å². The molecule has 1 aromatic heterocycles. The number of ether oxygens (including phenoxy) is 4. The molecule has 1 fully saturated rings. The lowest BCUT2D eigenvalue weighted by molar-refractivity contribution is -0.189. The standard InChI is InChI=1S/C19H14Cl2O8/c1-25-9-5-10-14(7-4-11(28-19(7)26-10)27-18(24)16(20)21)15-13(9)6-2-3-8(22)12(6)17(23)29-15/h5,7,11,16,19H,2-4H2,1H3. The van der Waals surface area contributed by atoms with E-state index in [2.05, 4.69) is 0 Å². The second kappa shape index (κ2) is 6.62. The monoisotopic (exact) mass is 440 g/mol. The van der Waals surface area contributed by atoms with Gasteiger partial charge in [-0.2, -0.15) is 0 Å². The molecule has 0 saturated carbocycles. The lowest BCUT2D eigenvalue weighted by Gasteiger charge is -2.16. The van der Waals surface area contributed by atoms with Crippen molar-refractivity contribution in [2.45, 2.75) is 42.6 Å². The number of ketones is 1. The van der Waals surface area contributed by atoms with Crippen molar-refractivity contribution in [3.63, 3.8) is 0 Å². The number of carbonyl (C=O) groups is 2. The summed E-state index contributed by atoms with van der Waals surface area (Å²) in [7, 11) is 1.49. The number of fused-ring (bicyclic) bond motifs is 7. The number of aryl methyl sites for hydroxylation is 1. The van der Waals surface area contributed by atoms with E-state index in [0.29, 0.717) is 40.0 Å². The lowest BCUT2D eigenvalue weighted by atomic mass is 9.93. The zero-order chi connectivity index (χ0) is 20.4. The Kier molecular flexibility index (Phi) is 4.27. The maximum absolute atomic E-state index is 12.5. The van der Waals surface area contributed by atoms with Crippen molar-refractivity contribution in [1.82, 2.24) is 0 Å². The van der Waals surface area contributed by atoms with Gasteiger partial charge in [-0.05, 0) is 12.0 Å². The summed E-state index contributed by atoms with van der Waals surface area (Å²) < 4.78 is 27.7. The van der Waals surface area contributed by atoms with Crippen LogP contribution in [0.5, 0.6) is 11.5 Å². The van der Waals surface area contributed by atoms with E-state index in [1.165, 1.54) is 7.11 Å². The quantitative estimate of drug-likeness (QED) is 0.407. The smallest absolute Gasteiger partial charge is 0.347 e. The van der Waals surface area contributed by atoms with Crippen molar-refractivity contribution >= 4 is 45.9 Å². The lowest BCUT2D eigenvalue weighted by Crippen LogP contribution is -2.23. The molecule has 0 radical (unpaired) electrons. The van der Waals surface area contributed by atoms with E-state index in [0.717, 1.165) is 0 Å². The first kappa shape index (κ1) is 18.7. The summed E-state index contributed by atoms with van der Waals surface area (Å²) in [6.07, 6.45) is -0.677. The SMILES string of the molecule is COc1cc2c(c3oc(=O)c4c(c13)CCC4=O)C1CC(OC(=O)C(Cl)Cl)OC1O2. The van der Waals surface area contributed by atoms with Crippen molar-refractivity contribution in [2.75, 3.05) is 7.11 Å². The van der Waals surface area contributed by atoms with E-state index in [9.17, 15) is 14.4 Å². The fourth-order valence-electron chi connectivity index (χ4n) is 4.28. The minimum absolute atomic E-state index is 0.0796. The maximum Gasteiger partial charge on any atom is 0.347 e. The molecule has 152 valence electrons. The number of esters is 1. The van der Waals surface area contributed by atoms with Crippen LogP contribution in [0.4, 0.5) is 0 Å². The molecule has 29 heavy (non-hydrogen) atoms. The largest absolute Gasteiger partial charge is 0.496 e. The number of hydrogen-bond acceptors (Lipinski definition) is 8. The average molecular weight is 441 g/mol. The van der Waals surface area contributed by atoms with E-state index < -0.39 is 29.0 Å². The number of rotatable bonds is 3. The van der Waals surface area contributed by atoms with Gasteiger partial charge in [-0.1, -0.05) is 23.2 Å². The van der Waals surface area contributed by atoms with Gasteiger partial charge < -0.3 is 23.4 Å². The van der Waals surface area contributed by atoms with Crippen LogP contribution in [0.15, 0.2) is 15.3 Å². The summed E-state index contributed by atoms with van der Waals surface area (Å²) in [5, 5.41) is 0.581. The molecule has 2 aliphatic heterocycles. The number of halogens is 2. The van der Waals surface area contributed by atoms with E-state index >= 15 is 0 Å². The molecule has 8 nitrogen and oxygen atoms in total. The Morgan fingerprint density at radius 1 is 1.28 bits per heavy atom. The third-order valence-corrected chi connectivity index (χ3v) is 5.81. The Labute approximate surface area is 173 Å². The first-order chi connectivity index (χ1) is 13.9. The summed E-state index contributed by atoms with van der Waals surface area (Å²) in [6.45, 7) is 0. The Morgan fingerprint density at radius 3 is 2.79 bits per heavy atom. The zero-order valence-corrected chi connectivity index (χ0v) is 16.5. The topological polar surface area (TPSA) is 101 Å². The minimum Gasteiger partial charge on any atom is -0.496 e. The average Bonchev–Trinajstić information content (AvgIpc) is 3.33. The maximum atomic E-state index is 12.5. The van der Waals surface area contributed by atoms with Crippen LogP contribution in [0.25, 0.3) is 11.0 Å². The summed E-state index contributed by atoms with van der Waals surface area (Å²) in [6, 6.07) is 1.69. The molecule has 2 aromatic rings. The number of benzene rings is 1. The normalized spacial score (nSPS) is 24.4. The van der Waals surface area contributed by atoms with Gasteiger partial charge in [0, 0.05) is 24.5 Å². The fourth-order valence-corrected chi connectivity index (χ4v) is 4.38. The molecular weight excluding hydrogens is 427 g/mol. The minimum atomic E-state index is -1.32. The van der Waals surface area contributed by atoms with Crippen LogP contribution < -0.4 is 15.1 Å². The first-order valence-corrected chi connectivity index (χ1v) is 9.80. The Hall–Kier alpha value is -2.29. The second-order valence-electron chi connectivity index (χ2n) is 6.99. The summed E-state index contributed by atoms with van der Waals surface area (Å²) >= 11 is 11.0. The van der Waals surface area contributed by atoms with Gasteiger partial charge in [-0.3, -0.25) is 4.79 Å². The van der Waals surface area contributed by atoms with Crippen LogP contribution in [-0.2, 0) is 20.7 Å². The Morgan fingerprint density at radius 2 is 2.07 bits per heavy atom. The van der Waals surface area contributed by atoms with Gasteiger partial charge in [0.1, 0.15) is 22.6 Å². The van der Waals surface area contributed by atoms with E-state index in [1.807, 2.05) is 0 Å². The molecule has 3 unspecified atom stereocenters. The molecule has 0 amide bonds. The van der Waals surface area contributed by atoms with E-state index in [4.69, 9.17) is 46.6 Å². The van der Waals surface area contributed by atoms with Gasteiger partial charge in [0.15, 0.2) is 5.78 Å². The second-order valence-corrected chi connectivity index (χ2v) is 8.09. The van der Waals surface area contributed by atoms with Crippen molar-refractivity contribution < 1.29 is 33.0 Å². The van der Waals surface area contributed by atoms with Gasteiger partial charge >= 0.3 is 11.6 Å². The van der Waals surface area contributed by atoms with Gasteiger partial charge in [0.05, 0.1) is 18.4 Å². The molecular formula is C19H14Cl2O8. The number of carbonyl (C=O) groups excluding carboxylic acids is 2. The highest BCUT2D eigenvalue weighted by Crippen LogP contribution is 2.52. The molecule has 3 heterocycles. The molecule has 10 heteroatoms. The highest BCUT2D eigenvalue weighted by Gasteiger charge is 2.48. The predicted octanol–water partition coefficient (Wildman–Crippen LogP) is 2.83. The highest BCUT2D eigenvalue weighted by atomic mass is 35.5. The first-order valence-electron chi connectivity index (χ1n) is 8.93. The molecule has 1 aromatic carbocycles. The molecule has 0 bridgehead atoms. The number of Topliss-reactive ketones (excluding diaryl/α,β-unsaturated/α-hetero) is 1. The van der Waals surface area contributed by atoms with Gasteiger partial charge in [-0.15, -0.1) is 0 Å². The van der Waals surface area contributed by atoms with E-state index in [-0.39, 0.29) is 30.1 Å². The molecule has 1 aliphatic carbocycles. The molecule has 0 N–H and O–H groups in total. The number of methoxy groups -OCH3 is 1. The molecule has 3 aliphatic rings. The molecule has 0 spiro atoms. The highest BCUT2D eigenvalue weighted by molar-refractivity contribution is 6.52. The van der Waals surface area contributed by atoms with Crippen LogP contribution in [0.3, 0.4) is 0 Å². The summed E-state index contributed by atoms with van der Waals surface area (Å²) in [4.78, 5) is 35.0. The van der Waals surface area contributed by atoms with Gasteiger partial charge in [0.2, 0.25) is 17.4 Å². The number of alkyl halides is 2. The summed E-state index contributed by atoms with van der Waals surface area (Å²) in [5.41, 5.74) is 0.947. The third kappa shape index (κ3) is 2.73. The van der Waals surface area contributed by atoms with Crippen LogP contribution >= 0.6 is 23.2 Å². The number of hydrogen-bond donors (Lipinski definition) is 0.